The summed E-state index contributed by atoms with van der Waals surface area (Å²) in [4.78, 5) is 37.7. The van der Waals surface area contributed by atoms with Crippen molar-refractivity contribution in [2.75, 3.05) is 13.1 Å². The molecule has 0 unspecified atom stereocenters. The molecule has 1 fully saturated rings. The Morgan fingerprint density at radius 1 is 1.02 bits per heavy atom. The van der Waals surface area contributed by atoms with Crippen molar-refractivity contribution in [3.63, 3.8) is 0 Å². The molecule has 6 heterocycles. The molecule has 0 N–H and O–H groups in total. The normalized spacial score (nSPS) is 15.4. The van der Waals surface area contributed by atoms with Crippen LogP contribution in [0.3, 0.4) is 0 Å². The molecule has 0 atom stereocenters. The first kappa shape index (κ1) is 29.4. The number of rotatable bonds is 4. The summed E-state index contributed by atoms with van der Waals surface area (Å²) >= 11 is 1.46. The molecule has 2 aliphatic rings. The number of carbonyl (C=O) groups excluding carboxylic acids is 2. The molecule has 9 heteroatoms. The van der Waals surface area contributed by atoms with Gasteiger partial charge in [-0.15, -0.1) is 11.3 Å². The van der Waals surface area contributed by atoms with Crippen LogP contribution in [-0.2, 0) is 0 Å². The Hall–Kier alpha value is -4.63. The Labute approximate surface area is 261 Å². The van der Waals surface area contributed by atoms with E-state index in [9.17, 15) is 9.59 Å². The summed E-state index contributed by atoms with van der Waals surface area (Å²) in [5, 5.41) is 5.63. The van der Waals surface area contributed by atoms with E-state index >= 15 is 0 Å². The topological polar surface area (TPSA) is 90.2 Å². The lowest BCUT2D eigenvalue weighted by Gasteiger charge is -2.45. The number of hydrogen-bond acceptors (Lipinski definition) is 7. The van der Waals surface area contributed by atoms with Crippen molar-refractivity contribution < 1.29 is 14.3 Å². The fraction of sp³-hybridized carbons (Fsp3) is 0.286. The Morgan fingerprint density at radius 3 is 2.55 bits per heavy atom. The van der Waals surface area contributed by atoms with Gasteiger partial charge in [0.05, 0.1) is 10.6 Å². The number of nitrogens with zero attached hydrogens (tertiary/aromatic N) is 5. The zero-order valence-corrected chi connectivity index (χ0v) is 26.3. The molecule has 4 aromatic heterocycles. The summed E-state index contributed by atoms with van der Waals surface area (Å²) in [6.45, 7) is 13.1. The number of piperidine rings is 1. The first-order chi connectivity index (χ1) is 21.3. The minimum absolute atomic E-state index is 0.0135. The summed E-state index contributed by atoms with van der Waals surface area (Å²) in [6.07, 6.45) is 7.27. The van der Waals surface area contributed by atoms with Gasteiger partial charge in [-0.05, 0) is 61.4 Å². The van der Waals surface area contributed by atoms with E-state index in [1.54, 1.807) is 25.5 Å². The third kappa shape index (κ3) is 5.32. The van der Waals surface area contributed by atoms with Crippen LogP contribution in [0.25, 0.3) is 32.7 Å². The Kier molecular flexibility index (Phi) is 7.90. The monoisotopic (exact) mass is 605 g/mol. The Balaban J connectivity index is 0.00000168. The predicted octanol–water partition coefficient (Wildman–Crippen LogP) is 7.55. The first-order valence-corrected chi connectivity index (χ1v) is 15.8. The number of Topliss-reactive ketones (excluding diaryl/α,β-unsaturated/α-hetero) is 1. The van der Waals surface area contributed by atoms with Gasteiger partial charge in [-0.25, -0.2) is 9.67 Å². The number of hydrogen-bond donors (Lipinski definition) is 0. The van der Waals surface area contributed by atoms with E-state index in [4.69, 9.17) is 4.74 Å². The van der Waals surface area contributed by atoms with Crippen LogP contribution < -0.4 is 4.74 Å². The van der Waals surface area contributed by atoms with Gasteiger partial charge in [0.25, 0.3) is 5.91 Å². The number of fused-ring (bicyclic) bond motifs is 2. The van der Waals surface area contributed by atoms with E-state index < -0.39 is 0 Å². The lowest BCUT2D eigenvalue weighted by atomic mass is 9.80. The number of likely N-dealkylation sites (tertiary alicyclic amines) is 1. The molecule has 1 saturated heterocycles. The van der Waals surface area contributed by atoms with Crippen LogP contribution in [0.1, 0.15) is 71.3 Å². The van der Waals surface area contributed by atoms with Crippen LogP contribution in [0.4, 0.5) is 0 Å². The van der Waals surface area contributed by atoms with Crippen molar-refractivity contribution in [2.45, 2.75) is 52.6 Å². The van der Waals surface area contributed by atoms with Gasteiger partial charge in [-0.3, -0.25) is 14.6 Å². The van der Waals surface area contributed by atoms with Crippen LogP contribution in [0.2, 0.25) is 0 Å². The molecule has 0 bridgehead atoms. The lowest BCUT2D eigenvalue weighted by molar-refractivity contribution is 0.00337. The quantitative estimate of drug-likeness (QED) is 0.197. The SMILES string of the molecule is C=C1CC2(CCN(C(=O)c3cc4c(C)nn(-c5ccccn5)c4s3)CC2)Oc2ccc(-c3cncc(C(C)=O)c3)cc21.CC. The van der Waals surface area contributed by atoms with Gasteiger partial charge in [0.1, 0.15) is 16.2 Å². The number of amides is 1. The highest BCUT2D eigenvalue weighted by Crippen LogP contribution is 2.45. The van der Waals surface area contributed by atoms with Crippen molar-refractivity contribution >= 4 is 38.8 Å². The second-order valence-corrected chi connectivity index (χ2v) is 12.1. The van der Waals surface area contributed by atoms with Crippen LogP contribution in [0.15, 0.2) is 73.7 Å². The lowest BCUT2D eigenvalue weighted by Crippen LogP contribution is -2.50. The van der Waals surface area contributed by atoms with Crippen LogP contribution in [0, 0.1) is 6.92 Å². The number of benzene rings is 1. The minimum Gasteiger partial charge on any atom is -0.486 e. The minimum atomic E-state index is -0.380. The van der Waals surface area contributed by atoms with Gasteiger partial charge < -0.3 is 9.64 Å². The molecular formula is C35H35N5O3S. The number of thiophene rings is 1. The fourth-order valence-electron chi connectivity index (χ4n) is 5.96. The Morgan fingerprint density at radius 2 is 1.82 bits per heavy atom. The number of aryl methyl sites for hydroxylation is 1. The predicted molar refractivity (Wildman–Crippen MR) is 175 cm³/mol. The fourth-order valence-corrected chi connectivity index (χ4v) is 7.10. The van der Waals surface area contributed by atoms with E-state index in [0.717, 1.165) is 62.6 Å². The average Bonchev–Trinajstić information content (AvgIpc) is 3.63. The second kappa shape index (κ2) is 11.8. The number of pyridine rings is 2. The summed E-state index contributed by atoms with van der Waals surface area (Å²) < 4.78 is 8.47. The zero-order chi connectivity index (χ0) is 31.0. The summed E-state index contributed by atoms with van der Waals surface area (Å²) in [5.74, 6) is 1.57. The highest BCUT2D eigenvalue weighted by molar-refractivity contribution is 7.20. The molecule has 5 aromatic rings. The van der Waals surface area contributed by atoms with Crippen molar-refractivity contribution in [3.05, 3.63) is 95.4 Å². The maximum absolute atomic E-state index is 13.6. The number of ether oxygens (including phenoxy) is 1. The van der Waals surface area contributed by atoms with Gasteiger partial charge in [-0.2, -0.15) is 5.10 Å². The van der Waals surface area contributed by atoms with Crippen LogP contribution in [-0.4, -0.2) is 55.0 Å². The average molecular weight is 606 g/mol. The molecule has 1 amide bonds. The van der Waals surface area contributed by atoms with E-state index in [1.165, 1.54) is 11.3 Å². The molecule has 8 nitrogen and oxygen atoms in total. The Bertz CT molecular complexity index is 1880. The van der Waals surface area contributed by atoms with E-state index in [-0.39, 0.29) is 17.3 Å². The first-order valence-electron chi connectivity index (χ1n) is 15.0. The van der Waals surface area contributed by atoms with E-state index in [2.05, 4.69) is 27.7 Å². The molecule has 0 saturated carbocycles. The second-order valence-electron chi connectivity index (χ2n) is 11.1. The van der Waals surface area contributed by atoms with Gasteiger partial charge in [0, 0.05) is 73.0 Å². The highest BCUT2D eigenvalue weighted by atomic mass is 32.1. The summed E-state index contributed by atoms with van der Waals surface area (Å²) in [5.41, 5.74) is 4.93. The maximum atomic E-state index is 13.6. The number of ketones is 1. The number of carbonyl (C=O) groups is 2. The van der Waals surface area contributed by atoms with Gasteiger partial charge in [0.2, 0.25) is 0 Å². The molecule has 1 aromatic carbocycles. The van der Waals surface area contributed by atoms with Crippen LogP contribution >= 0.6 is 11.3 Å². The molecule has 1 spiro atoms. The molecular weight excluding hydrogens is 570 g/mol. The third-order valence-electron chi connectivity index (χ3n) is 8.28. The van der Waals surface area contributed by atoms with Gasteiger partial charge >= 0.3 is 0 Å². The molecule has 44 heavy (non-hydrogen) atoms. The smallest absolute Gasteiger partial charge is 0.264 e. The standard InChI is InChI=1S/C33H29N5O3S.C2H6/c1-20-17-33(41-28-8-7-23(15-26(20)28)25-14-24(22(3)39)18-34-19-25)9-12-37(13-10-33)31(40)29-16-27-21(2)36-38(32(27)42-29)30-6-4-5-11-35-30;1-2/h4-8,11,14-16,18-19H,1,9-10,12-13,17H2,2-3H3;1-2H3. The molecule has 224 valence electrons. The molecule has 7 rings (SSSR count). The third-order valence-corrected chi connectivity index (χ3v) is 9.38. The van der Waals surface area contributed by atoms with Crippen LogP contribution in [0.5, 0.6) is 5.75 Å². The molecule has 0 aliphatic carbocycles. The van der Waals surface area contributed by atoms with Crippen molar-refractivity contribution in [2.24, 2.45) is 0 Å². The van der Waals surface area contributed by atoms with Crippen molar-refractivity contribution in [3.8, 4) is 22.7 Å². The van der Waals surface area contributed by atoms with Crippen molar-refractivity contribution in [1.29, 1.82) is 0 Å². The maximum Gasteiger partial charge on any atom is 0.264 e. The summed E-state index contributed by atoms with van der Waals surface area (Å²) in [6, 6.07) is 15.6. The zero-order valence-electron chi connectivity index (χ0n) is 25.5. The van der Waals surface area contributed by atoms with E-state index in [0.29, 0.717) is 30.0 Å². The van der Waals surface area contributed by atoms with Crippen molar-refractivity contribution in [1.82, 2.24) is 24.6 Å². The molecule has 0 radical (unpaired) electrons. The van der Waals surface area contributed by atoms with Gasteiger partial charge in [-0.1, -0.05) is 32.6 Å². The van der Waals surface area contributed by atoms with E-state index in [1.807, 2.05) is 72.8 Å². The molecule has 2 aliphatic heterocycles. The summed E-state index contributed by atoms with van der Waals surface area (Å²) in [7, 11) is 0. The largest absolute Gasteiger partial charge is 0.486 e. The highest BCUT2D eigenvalue weighted by Gasteiger charge is 2.42. The van der Waals surface area contributed by atoms with Gasteiger partial charge in [0.15, 0.2) is 11.6 Å². The number of aromatic nitrogens is 4.